The van der Waals surface area contributed by atoms with Crippen LogP contribution in [0.1, 0.15) is 38.2 Å². The van der Waals surface area contributed by atoms with E-state index in [0.717, 1.165) is 16.9 Å². The van der Waals surface area contributed by atoms with Gasteiger partial charge in [-0.2, -0.15) is 0 Å². The van der Waals surface area contributed by atoms with E-state index < -0.39 is 0 Å². The van der Waals surface area contributed by atoms with Crippen molar-refractivity contribution in [1.29, 1.82) is 0 Å². The molecule has 1 saturated carbocycles. The first kappa shape index (κ1) is 11.8. The summed E-state index contributed by atoms with van der Waals surface area (Å²) in [5.41, 5.74) is 8.32. The van der Waals surface area contributed by atoms with Crippen molar-refractivity contribution in [2.24, 2.45) is 5.92 Å². The number of hydrogen-bond acceptors (Lipinski definition) is 2. The second-order valence-corrected chi connectivity index (χ2v) is 6.32. The van der Waals surface area contributed by atoms with E-state index >= 15 is 0 Å². The summed E-state index contributed by atoms with van der Waals surface area (Å²) in [6.45, 7) is 4.53. The number of rotatable bonds is 2. The molecule has 16 heavy (non-hydrogen) atoms. The molecule has 0 aromatic heterocycles. The maximum Gasteiger partial charge on any atom is 0.0455 e. The molecule has 1 aromatic rings. The van der Waals surface area contributed by atoms with Gasteiger partial charge in [0.25, 0.3) is 0 Å². The first-order valence-corrected chi connectivity index (χ1v) is 7.06. The molecule has 1 aliphatic carbocycles. The van der Waals surface area contributed by atoms with Crippen molar-refractivity contribution in [1.82, 2.24) is 0 Å². The fourth-order valence-corrected chi connectivity index (χ4v) is 3.99. The summed E-state index contributed by atoms with van der Waals surface area (Å²) >= 11 is 2.00. The van der Waals surface area contributed by atoms with Gasteiger partial charge in [-0.25, -0.2) is 0 Å². The van der Waals surface area contributed by atoms with E-state index in [1.807, 2.05) is 23.9 Å². The highest BCUT2D eigenvalue weighted by Crippen LogP contribution is 2.39. The molecule has 0 radical (unpaired) electrons. The Labute approximate surface area is 103 Å². The molecule has 1 aromatic carbocycles. The largest absolute Gasteiger partial charge is 0.398 e. The molecule has 0 amide bonds. The van der Waals surface area contributed by atoms with Crippen LogP contribution in [0.15, 0.2) is 23.1 Å². The lowest BCUT2D eigenvalue weighted by Crippen LogP contribution is -2.15. The summed E-state index contributed by atoms with van der Waals surface area (Å²) in [5.74, 6) is 0.886. The molecule has 1 aliphatic rings. The predicted molar refractivity (Wildman–Crippen MR) is 72.9 cm³/mol. The molecule has 0 saturated heterocycles. The lowest BCUT2D eigenvalue weighted by atomic mass is 9.91. The van der Waals surface area contributed by atoms with Gasteiger partial charge in [0.05, 0.1) is 0 Å². The fourth-order valence-electron chi connectivity index (χ4n) is 2.49. The maximum absolute atomic E-state index is 6.05. The minimum Gasteiger partial charge on any atom is -0.398 e. The van der Waals surface area contributed by atoms with Gasteiger partial charge in [-0.3, -0.25) is 0 Å². The molecule has 0 bridgehead atoms. The van der Waals surface area contributed by atoms with Crippen LogP contribution >= 0.6 is 11.8 Å². The molecule has 1 fully saturated rings. The van der Waals surface area contributed by atoms with E-state index in [2.05, 4.69) is 19.9 Å². The van der Waals surface area contributed by atoms with Crippen LogP contribution in [-0.2, 0) is 0 Å². The number of benzene rings is 1. The molecule has 2 unspecified atom stereocenters. The Balaban J connectivity index is 2.08. The monoisotopic (exact) mass is 235 g/mol. The standard InChI is InChI=1S/C14H21NS/c1-10-5-3-7-12(9-10)16-14-11(2)6-4-8-13(14)15/h4,6,8,10,12H,3,5,7,9,15H2,1-2H3. The maximum atomic E-state index is 6.05. The fraction of sp³-hybridized carbons (Fsp3) is 0.571. The number of thioether (sulfide) groups is 1. The number of hydrogen-bond donors (Lipinski definition) is 1. The minimum absolute atomic E-state index is 0.771. The number of nitrogens with two attached hydrogens (primary N) is 1. The van der Waals surface area contributed by atoms with Crippen molar-refractivity contribution in [2.45, 2.75) is 49.7 Å². The lowest BCUT2D eigenvalue weighted by molar-refractivity contribution is 0.394. The second-order valence-electron chi connectivity index (χ2n) is 5.00. The zero-order chi connectivity index (χ0) is 11.5. The molecule has 0 spiro atoms. The second kappa shape index (κ2) is 5.13. The molecule has 2 heteroatoms. The zero-order valence-electron chi connectivity index (χ0n) is 10.2. The van der Waals surface area contributed by atoms with Crippen molar-refractivity contribution < 1.29 is 0 Å². The van der Waals surface area contributed by atoms with Gasteiger partial charge in [0.1, 0.15) is 0 Å². The number of nitrogen functional groups attached to an aromatic ring is 1. The summed E-state index contributed by atoms with van der Waals surface area (Å²) in [4.78, 5) is 1.31. The van der Waals surface area contributed by atoms with Crippen LogP contribution in [0.25, 0.3) is 0 Å². The Bertz CT molecular complexity index is 342. The highest BCUT2D eigenvalue weighted by atomic mass is 32.2. The molecule has 0 heterocycles. The van der Waals surface area contributed by atoms with E-state index in [4.69, 9.17) is 5.73 Å². The normalized spacial score (nSPS) is 25.6. The molecule has 88 valence electrons. The van der Waals surface area contributed by atoms with Gasteiger partial charge in [-0.05, 0) is 37.3 Å². The minimum atomic E-state index is 0.771. The topological polar surface area (TPSA) is 26.0 Å². The van der Waals surface area contributed by atoms with Crippen LogP contribution in [0.2, 0.25) is 0 Å². The van der Waals surface area contributed by atoms with Crippen molar-refractivity contribution in [2.75, 3.05) is 5.73 Å². The Morgan fingerprint density at radius 2 is 2.12 bits per heavy atom. The summed E-state index contributed by atoms with van der Waals surface area (Å²) in [5, 5.41) is 0.771. The van der Waals surface area contributed by atoms with E-state index in [9.17, 15) is 0 Å². The molecule has 2 atom stereocenters. The molecule has 2 N–H and O–H groups in total. The van der Waals surface area contributed by atoms with Crippen LogP contribution < -0.4 is 5.73 Å². The Kier molecular flexibility index (Phi) is 3.80. The highest BCUT2D eigenvalue weighted by molar-refractivity contribution is 8.00. The van der Waals surface area contributed by atoms with Crippen LogP contribution in [0.5, 0.6) is 0 Å². The predicted octanol–water partition coefficient (Wildman–Crippen LogP) is 4.25. The van der Waals surface area contributed by atoms with Crippen LogP contribution in [0, 0.1) is 12.8 Å². The van der Waals surface area contributed by atoms with Gasteiger partial charge in [-0.15, -0.1) is 11.8 Å². The van der Waals surface area contributed by atoms with Crippen molar-refractivity contribution in [3.8, 4) is 0 Å². The van der Waals surface area contributed by atoms with E-state index in [1.165, 1.54) is 36.1 Å². The van der Waals surface area contributed by atoms with E-state index in [0.29, 0.717) is 0 Å². The SMILES string of the molecule is Cc1cccc(N)c1SC1CCCC(C)C1. The molecular formula is C14H21NS. The van der Waals surface area contributed by atoms with E-state index in [1.54, 1.807) is 0 Å². The van der Waals surface area contributed by atoms with Gasteiger partial charge in [0.2, 0.25) is 0 Å². The van der Waals surface area contributed by atoms with Gasteiger partial charge in [0, 0.05) is 15.8 Å². The summed E-state index contributed by atoms with van der Waals surface area (Å²) in [7, 11) is 0. The zero-order valence-corrected chi connectivity index (χ0v) is 11.0. The molecule has 2 rings (SSSR count). The first-order valence-electron chi connectivity index (χ1n) is 6.18. The smallest absolute Gasteiger partial charge is 0.0455 e. The molecule has 1 nitrogen and oxygen atoms in total. The Morgan fingerprint density at radius 3 is 2.81 bits per heavy atom. The molecular weight excluding hydrogens is 214 g/mol. The van der Waals surface area contributed by atoms with Gasteiger partial charge in [0.15, 0.2) is 0 Å². The average molecular weight is 235 g/mol. The van der Waals surface area contributed by atoms with Crippen LogP contribution in [0.4, 0.5) is 5.69 Å². The van der Waals surface area contributed by atoms with Crippen molar-refractivity contribution in [3.63, 3.8) is 0 Å². The number of anilines is 1. The third-order valence-electron chi connectivity index (χ3n) is 3.42. The van der Waals surface area contributed by atoms with Crippen molar-refractivity contribution in [3.05, 3.63) is 23.8 Å². The lowest BCUT2D eigenvalue weighted by Gasteiger charge is -2.27. The summed E-state index contributed by atoms with van der Waals surface area (Å²) < 4.78 is 0. The first-order chi connectivity index (χ1) is 7.66. The Hall–Kier alpha value is -0.630. The van der Waals surface area contributed by atoms with Crippen molar-refractivity contribution >= 4 is 17.4 Å². The quantitative estimate of drug-likeness (QED) is 0.776. The van der Waals surface area contributed by atoms with Gasteiger partial charge >= 0.3 is 0 Å². The summed E-state index contributed by atoms with van der Waals surface area (Å²) in [6.07, 6.45) is 5.48. The summed E-state index contributed by atoms with van der Waals surface area (Å²) in [6, 6.07) is 6.21. The average Bonchev–Trinajstić information content (AvgIpc) is 2.24. The van der Waals surface area contributed by atoms with Gasteiger partial charge in [-0.1, -0.05) is 31.9 Å². The third kappa shape index (κ3) is 2.73. The third-order valence-corrected chi connectivity index (χ3v) is 4.97. The van der Waals surface area contributed by atoms with Gasteiger partial charge < -0.3 is 5.73 Å². The highest BCUT2D eigenvalue weighted by Gasteiger charge is 2.20. The number of aryl methyl sites for hydroxylation is 1. The van der Waals surface area contributed by atoms with E-state index in [-0.39, 0.29) is 0 Å². The van der Waals surface area contributed by atoms with Crippen LogP contribution in [0.3, 0.4) is 0 Å². The Morgan fingerprint density at radius 1 is 1.31 bits per heavy atom. The molecule has 0 aliphatic heterocycles. The van der Waals surface area contributed by atoms with Crippen LogP contribution in [-0.4, -0.2) is 5.25 Å².